The molecular weight excluding hydrogens is 579 g/mol. The largest absolute Gasteiger partial charge is 0.493 e. The Morgan fingerprint density at radius 2 is 1.94 bits per heavy atom. The number of benzene rings is 2. The lowest BCUT2D eigenvalue weighted by atomic mass is 9.95. The zero-order chi connectivity index (χ0) is 25.1. The van der Waals surface area contributed by atoms with Gasteiger partial charge < -0.3 is 14.2 Å². The number of fused-ring (bicyclic) bond motifs is 1. The number of nitrogens with zero attached hydrogens (tertiary/aromatic N) is 2. The molecule has 1 aliphatic rings. The summed E-state index contributed by atoms with van der Waals surface area (Å²) < 4.78 is 19.5. The van der Waals surface area contributed by atoms with E-state index in [0.717, 1.165) is 14.7 Å². The molecule has 0 unspecified atom stereocenters. The van der Waals surface area contributed by atoms with E-state index in [1.54, 1.807) is 17.8 Å². The van der Waals surface area contributed by atoms with Gasteiger partial charge in [-0.2, -0.15) is 0 Å². The van der Waals surface area contributed by atoms with E-state index < -0.39 is 12.0 Å². The molecule has 1 atom stereocenters. The van der Waals surface area contributed by atoms with Crippen LogP contribution in [-0.4, -0.2) is 31.4 Å². The van der Waals surface area contributed by atoms with Gasteiger partial charge in [0, 0.05) is 9.13 Å². The number of hydrogen-bond donors (Lipinski definition) is 0. The SMILES string of the molecule is CCOc1c(/C=c2/sc3n(c2=O)[C@H](c2ccccc2)C(C(=O)OC)=C(CC)N=3)cc(I)cc1OC. The summed E-state index contributed by atoms with van der Waals surface area (Å²) in [6.45, 7) is 4.29. The number of thiazole rings is 1. The Bertz CT molecular complexity index is 1470. The molecule has 2 aromatic carbocycles. The number of ether oxygens (including phenoxy) is 3. The van der Waals surface area contributed by atoms with E-state index in [9.17, 15) is 9.59 Å². The third-order valence-corrected chi connectivity index (χ3v) is 7.21. The summed E-state index contributed by atoms with van der Waals surface area (Å²) >= 11 is 3.49. The molecule has 0 saturated heterocycles. The predicted molar refractivity (Wildman–Crippen MR) is 144 cm³/mol. The van der Waals surface area contributed by atoms with Gasteiger partial charge in [-0.25, -0.2) is 9.79 Å². The number of carbonyl (C=O) groups is 1. The zero-order valence-corrected chi connectivity index (χ0v) is 22.8. The quantitative estimate of drug-likeness (QED) is 0.303. The van der Waals surface area contributed by atoms with Crippen molar-refractivity contribution in [1.82, 2.24) is 4.57 Å². The third-order valence-electron chi connectivity index (χ3n) is 5.61. The first-order valence-electron chi connectivity index (χ1n) is 11.1. The van der Waals surface area contributed by atoms with Gasteiger partial charge in [0.2, 0.25) is 0 Å². The minimum Gasteiger partial charge on any atom is -0.493 e. The van der Waals surface area contributed by atoms with Crippen molar-refractivity contribution in [3.8, 4) is 11.5 Å². The second-order valence-electron chi connectivity index (χ2n) is 7.66. The topological polar surface area (TPSA) is 79.1 Å². The molecule has 4 rings (SSSR count). The van der Waals surface area contributed by atoms with Gasteiger partial charge in [-0.05, 0) is 59.7 Å². The average Bonchev–Trinajstić information content (AvgIpc) is 3.18. The fraction of sp³-hybridized carbons (Fsp3) is 0.269. The molecule has 0 bridgehead atoms. The number of carbonyl (C=O) groups excluding carboxylic acids is 1. The molecular formula is C26H25IN2O5S. The summed E-state index contributed by atoms with van der Waals surface area (Å²) in [4.78, 5) is 31.9. The third kappa shape index (κ3) is 4.79. The molecule has 0 saturated carbocycles. The molecule has 7 nitrogen and oxygen atoms in total. The molecule has 182 valence electrons. The number of aromatic nitrogens is 1. The first-order valence-corrected chi connectivity index (χ1v) is 13.0. The number of halogens is 1. The maximum atomic E-state index is 13.8. The minimum absolute atomic E-state index is 0.237. The van der Waals surface area contributed by atoms with Crippen LogP contribution in [0.15, 0.2) is 63.5 Å². The van der Waals surface area contributed by atoms with Crippen LogP contribution in [0.1, 0.15) is 37.4 Å². The van der Waals surface area contributed by atoms with Gasteiger partial charge in [0.05, 0.1) is 42.7 Å². The molecule has 0 N–H and O–H groups in total. The fourth-order valence-corrected chi connectivity index (χ4v) is 5.73. The van der Waals surface area contributed by atoms with Crippen molar-refractivity contribution in [3.63, 3.8) is 0 Å². The van der Waals surface area contributed by atoms with E-state index in [4.69, 9.17) is 19.2 Å². The Morgan fingerprint density at radius 3 is 2.57 bits per heavy atom. The smallest absolute Gasteiger partial charge is 0.338 e. The molecule has 1 aromatic heterocycles. The van der Waals surface area contributed by atoms with Gasteiger partial charge >= 0.3 is 5.97 Å². The highest BCUT2D eigenvalue weighted by Crippen LogP contribution is 2.34. The Morgan fingerprint density at radius 1 is 1.20 bits per heavy atom. The molecule has 0 aliphatic carbocycles. The van der Waals surface area contributed by atoms with Gasteiger partial charge in [-0.1, -0.05) is 48.6 Å². The molecule has 0 amide bonds. The van der Waals surface area contributed by atoms with Gasteiger partial charge in [0.15, 0.2) is 16.3 Å². The summed E-state index contributed by atoms with van der Waals surface area (Å²) in [6, 6.07) is 12.7. The van der Waals surface area contributed by atoms with E-state index >= 15 is 0 Å². The summed E-state index contributed by atoms with van der Waals surface area (Å²) in [7, 11) is 2.93. The van der Waals surface area contributed by atoms with Gasteiger partial charge in [-0.3, -0.25) is 9.36 Å². The second kappa shape index (κ2) is 10.8. The minimum atomic E-state index is -0.631. The van der Waals surface area contributed by atoms with E-state index in [0.29, 0.717) is 45.1 Å². The normalized spacial score (nSPS) is 15.5. The van der Waals surface area contributed by atoms with Crippen LogP contribution in [-0.2, 0) is 9.53 Å². The van der Waals surface area contributed by atoms with Gasteiger partial charge in [0.1, 0.15) is 0 Å². The van der Waals surface area contributed by atoms with Crippen molar-refractivity contribution in [3.05, 3.63) is 88.1 Å². The second-order valence-corrected chi connectivity index (χ2v) is 9.91. The number of rotatable bonds is 7. The molecule has 35 heavy (non-hydrogen) atoms. The molecule has 3 aromatic rings. The number of hydrogen-bond acceptors (Lipinski definition) is 7. The van der Waals surface area contributed by atoms with Crippen LogP contribution in [0.5, 0.6) is 11.5 Å². The van der Waals surface area contributed by atoms with Crippen LogP contribution in [0.2, 0.25) is 0 Å². The summed E-state index contributed by atoms with van der Waals surface area (Å²) in [5.74, 6) is 0.682. The van der Waals surface area contributed by atoms with Crippen molar-refractivity contribution < 1.29 is 19.0 Å². The zero-order valence-electron chi connectivity index (χ0n) is 19.8. The van der Waals surface area contributed by atoms with Crippen LogP contribution in [0, 0.1) is 3.57 Å². The van der Waals surface area contributed by atoms with Crippen molar-refractivity contribution in [2.45, 2.75) is 26.3 Å². The first-order chi connectivity index (χ1) is 16.9. The van der Waals surface area contributed by atoms with Gasteiger partial charge in [-0.15, -0.1) is 0 Å². The molecule has 1 aliphatic heterocycles. The number of esters is 1. The van der Waals surface area contributed by atoms with E-state index in [-0.39, 0.29) is 5.56 Å². The highest BCUT2D eigenvalue weighted by molar-refractivity contribution is 14.1. The van der Waals surface area contributed by atoms with Crippen molar-refractivity contribution in [2.75, 3.05) is 20.8 Å². The first kappa shape index (κ1) is 25.2. The van der Waals surface area contributed by atoms with E-state index in [1.807, 2.05) is 56.3 Å². The highest BCUT2D eigenvalue weighted by Gasteiger charge is 2.33. The highest BCUT2D eigenvalue weighted by atomic mass is 127. The van der Waals surface area contributed by atoms with E-state index in [2.05, 4.69) is 22.6 Å². The summed E-state index contributed by atoms with van der Waals surface area (Å²) in [6.07, 6.45) is 2.33. The van der Waals surface area contributed by atoms with Crippen LogP contribution >= 0.6 is 33.9 Å². The van der Waals surface area contributed by atoms with E-state index in [1.165, 1.54) is 18.4 Å². The van der Waals surface area contributed by atoms with Crippen molar-refractivity contribution in [1.29, 1.82) is 0 Å². The fourth-order valence-electron chi connectivity index (χ4n) is 4.10. The van der Waals surface area contributed by atoms with Crippen LogP contribution in [0.3, 0.4) is 0 Å². The lowest BCUT2D eigenvalue weighted by molar-refractivity contribution is -0.136. The average molecular weight is 604 g/mol. The summed E-state index contributed by atoms with van der Waals surface area (Å²) in [5.41, 5.74) is 2.31. The molecule has 2 heterocycles. The van der Waals surface area contributed by atoms with Crippen molar-refractivity contribution >= 4 is 46.0 Å². The molecule has 0 radical (unpaired) electrons. The Labute approximate surface area is 220 Å². The lowest BCUT2D eigenvalue weighted by Gasteiger charge is -2.25. The lowest BCUT2D eigenvalue weighted by Crippen LogP contribution is -2.40. The Balaban J connectivity index is 2.01. The standard InChI is InChI=1S/C26H25IN2O5S/c1-5-18-21(25(31)33-4)22(15-10-8-7-9-11-15)29-24(30)20(35-26(29)28-18)13-16-12-17(27)14-19(32-3)23(16)34-6-2/h7-14,22H,5-6H2,1-4H3/b20-13+/t22-/m1/s1. The van der Waals surface area contributed by atoms with Crippen molar-refractivity contribution in [2.24, 2.45) is 4.99 Å². The molecule has 0 spiro atoms. The number of methoxy groups -OCH3 is 2. The molecule has 0 fully saturated rings. The monoisotopic (exact) mass is 604 g/mol. The summed E-state index contributed by atoms with van der Waals surface area (Å²) in [5, 5.41) is 0. The molecule has 9 heteroatoms. The maximum Gasteiger partial charge on any atom is 0.338 e. The van der Waals surface area contributed by atoms with Crippen LogP contribution in [0.4, 0.5) is 0 Å². The Hall–Kier alpha value is -2.92. The predicted octanol–water partition coefficient (Wildman–Crippen LogP) is 3.81. The Kier molecular flexibility index (Phi) is 7.75. The maximum absolute atomic E-state index is 13.8. The van der Waals surface area contributed by atoms with Gasteiger partial charge in [0.25, 0.3) is 5.56 Å². The number of allylic oxidation sites excluding steroid dienone is 1. The van der Waals surface area contributed by atoms with Crippen LogP contribution < -0.4 is 24.4 Å². The van der Waals surface area contributed by atoms with Crippen LogP contribution in [0.25, 0.3) is 6.08 Å².